The third kappa shape index (κ3) is 5.75. The summed E-state index contributed by atoms with van der Waals surface area (Å²) < 4.78 is 7.25. The van der Waals surface area contributed by atoms with Crippen molar-refractivity contribution in [2.45, 2.75) is 39.8 Å². The highest BCUT2D eigenvalue weighted by atomic mass is 32.1. The summed E-state index contributed by atoms with van der Waals surface area (Å²) in [6, 6.07) is 24.4. The SMILES string of the molecule is CCN(CC)c1ccc(-n2c(C)cc([C@@H]3[C@@H](c4ccccn4)NC(=S)N3c3ccc(NC(=O)COC)cc3)c2C)cc1. The predicted molar refractivity (Wildman–Crippen MR) is 174 cm³/mol. The van der Waals surface area contributed by atoms with Gasteiger partial charge >= 0.3 is 0 Å². The summed E-state index contributed by atoms with van der Waals surface area (Å²) in [4.78, 5) is 21.2. The van der Waals surface area contributed by atoms with E-state index in [4.69, 9.17) is 21.9 Å². The maximum absolute atomic E-state index is 12.0. The Morgan fingerprint density at radius 3 is 2.33 bits per heavy atom. The van der Waals surface area contributed by atoms with Gasteiger partial charge in [0, 0.05) is 60.5 Å². The molecule has 2 N–H and O–H groups in total. The zero-order valence-electron chi connectivity index (χ0n) is 24.8. The minimum atomic E-state index is -0.200. The molecule has 9 heteroatoms. The molecular formula is C33H38N6O2S. The Hall–Kier alpha value is -4.21. The van der Waals surface area contributed by atoms with Crippen LogP contribution in [0, 0.1) is 13.8 Å². The summed E-state index contributed by atoms with van der Waals surface area (Å²) in [5.74, 6) is -0.200. The summed E-state index contributed by atoms with van der Waals surface area (Å²) >= 11 is 5.94. The maximum Gasteiger partial charge on any atom is 0.250 e. The molecule has 8 nitrogen and oxygen atoms in total. The Morgan fingerprint density at radius 1 is 1.02 bits per heavy atom. The number of ether oxygens (including phenoxy) is 1. The number of nitrogens with one attached hydrogen (secondary N) is 2. The highest BCUT2D eigenvalue weighted by molar-refractivity contribution is 7.80. The highest BCUT2D eigenvalue weighted by Gasteiger charge is 2.42. The van der Waals surface area contributed by atoms with Gasteiger partial charge in [-0.15, -0.1) is 0 Å². The molecule has 218 valence electrons. The smallest absolute Gasteiger partial charge is 0.250 e. The molecule has 1 aliphatic heterocycles. The van der Waals surface area contributed by atoms with E-state index in [0.717, 1.165) is 41.5 Å². The fourth-order valence-corrected chi connectivity index (χ4v) is 6.21. The number of amides is 1. The van der Waals surface area contributed by atoms with E-state index in [0.29, 0.717) is 10.8 Å². The second-order valence-corrected chi connectivity index (χ2v) is 10.8. The van der Waals surface area contributed by atoms with Gasteiger partial charge in [-0.2, -0.15) is 0 Å². The van der Waals surface area contributed by atoms with E-state index in [-0.39, 0.29) is 24.6 Å². The Morgan fingerprint density at radius 2 is 1.71 bits per heavy atom. The van der Waals surface area contributed by atoms with Gasteiger partial charge in [-0.05, 0) is 112 Å². The summed E-state index contributed by atoms with van der Waals surface area (Å²) in [7, 11) is 1.50. The van der Waals surface area contributed by atoms with Gasteiger partial charge in [0.15, 0.2) is 5.11 Å². The Kier molecular flexibility index (Phi) is 8.89. The molecule has 2 aromatic heterocycles. The maximum atomic E-state index is 12.0. The van der Waals surface area contributed by atoms with E-state index in [2.05, 4.69) is 83.0 Å². The minimum absolute atomic E-state index is 0.00349. The molecule has 5 rings (SSSR count). The zero-order valence-corrected chi connectivity index (χ0v) is 25.6. The third-order valence-electron chi connectivity index (χ3n) is 7.83. The first kappa shape index (κ1) is 29.3. The van der Waals surface area contributed by atoms with Crippen molar-refractivity contribution in [1.29, 1.82) is 0 Å². The molecular weight excluding hydrogens is 544 g/mol. The van der Waals surface area contributed by atoms with E-state index >= 15 is 0 Å². The second kappa shape index (κ2) is 12.8. The van der Waals surface area contributed by atoms with Crippen LogP contribution in [-0.4, -0.2) is 47.4 Å². The standard InChI is InChI=1S/C33H38N6O2S/c1-6-37(7-2)25-15-17-26(18-16-25)38-22(3)20-28(23(38)4)32-31(29-10-8-9-19-34-29)36-33(42)39(32)27-13-11-24(12-14-27)35-30(40)21-41-5/h8-20,31-32H,6-7,21H2,1-5H3,(H,35,40)(H,36,42)/t31-,32-/m1/s1. The van der Waals surface area contributed by atoms with Crippen LogP contribution in [0.5, 0.6) is 0 Å². The molecule has 0 aliphatic carbocycles. The number of thiocarbonyl (C=S) groups is 1. The lowest BCUT2D eigenvalue weighted by Crippen LogP contribution is -2.29. The number of carbonyl (C=O) groups excluding carboxylic acids is 1. The van der Waals surface area contributed by atoms with Crippen LogP contribution in [0.25, 0.3) is 5.69 Å². The first-order valence-corrected chi connectivity index (χ1v) is 14.7. The van der Waals surface area contributed by atoms with E-state index in [1.807, 2.05) is 48.7 Å². The van der Waals surface area contributed by atoms with E-state index in [9.17, 15) is 4.79 Å². The van der Waals surface area contributed by atoms with Crippen LogP contribution in [0.3, 0.4) is 0 Å². The van der Waals surface area contributed by atoms with Gasteiger partial charge in [-0.1, -0.05) is 6.07 Å². The molecule has 0 unspecified atom stereocenters. The van der Waals surface area contributed by atoms with Crippen molar-refractivity contribution in [3.63, 3.8) is 0 Å². The predicted octanol–water partition coefficient (Wildman–Crippen LogP) is 6.10. The topological polar surface area (TPSA) is 74.7 Å². The van der Waals surface area contributed by atoms with Crippen LogP contribution in [0.1, 0.15) is 48.6 Å². The van der Waals surface area contributed by atoms with Crippen molar-refractivity contribution in [3.05, 3.63) is 102 Å². The molecule has 2 atom stereocenters. The third-order valence-corrected chi connectivity index (χ3v) is 8.14. The molecule has 1 amide bonds. The number of pyridine rings is 1. The van der Waals surface area contributed by atoms with Crippen LogP contribution in [0.4, 0.5) is 17.1 Å². The molecule has 1 saturated heterocycles. The van der Waals surface area contributed by atoms with Crippen molar-refractivity contribution >= 4 is 40.3 Å². The molecule has 1 aliphatic rings. The van der Waals surface area contributed by atoms with Crippen LogP contribution < -0.4 is 20.4 Å². The Labute approximate surface area is 253 Å². The van der Waals surface area contributed by atoms with Crippen LogP contribution >= 0.6 is 12.2 Å². The average molecular weight is 583 g/mol. The highest BCUT2D eigenvalue weighted by Crippen LogP contribution is 2.44. The number of methoxy groups -OCH3 is 1. The zero-order chi connectivity index (χ0) is 29.8. The number of anilines is 3. The molecule has 1 fully saturated rings. The molecule has 0 bridgehead atoms. The second-order valence-electron chi connectivity index (χ2n) is 10.4. The first-order valence-electron chi connectivity index (χ1n) is 14.3. The monoisotopic (exact) mass is 582 g/mol. The van der Waals surface area contributed by atoms with Crippen LogP contribution in [-0.2, 0) is 9.53 Å². The molecule has 3 heterocycles. The molecule has 0 saturated carbocycles. The Bertz CT molecular complexity index is 1530. The lowest BCUT2D eigenvalue weighted by atomic mass is 9.96. The summed E-state index contributed by atoms with van der Waals surface area (Å²) in [6.07, 6.45) is 1.82. The normalized spacial score (nSPS) is 16.4. The minimum Gasteiger partial charge on any atom is -0.375 e. The number of aromatic nitrogens is 2. The Balaban J connectivity index is 1.55. The summed E-state index contributed by atoms with van der Waals surface area (Å²) in [5, 5.41) is 7.04. The van der Waals surface area contributed by atoms with Crippen molar-refractivity contribution in [1.82, 2.24) is 14.9 Å². The number of hydrogen-bond acceptors (Lipinski definition) is 5. The van der Waals surface area contributed by atoms with Gasteiger partial charge in [0.1, 0.15) is 6.61 Å². The van der Waals surface area contributed by atoms with E-state index in [1.54, 1.807) is 0 Å². The van der Waals surface area contributed by atoms with Crippen molar-refractivity contribution in [2.24, 2.45) is 0 Å². The van der Waals surface area contributed by atoms with Gasteiger partial charge in [0.05, 0.1) is 17.8 Å². The summed E-state index contributed by atoms with van der Waals surface area (Å²) in [6.45, 7) is 10.6. The number of carbonyl (C=O) groups is 1. The van der Waals surface area contributed by atoms with Gasteiger partial charge in [-0.25, -0.2) is 0 Å². The van der Waals surface area contributed by atoms with Crippen LogP contribution in [0.15, 0.2) is 79.0 Å². The van der Waals surface area contributed by atoms with Crippen LogP contribution in [0.2, 0.25) is 0 Å². The number of aryl methyl sites for hydroxylation is 1. The van der Waals surface area contributed by atoms with Gasteiger partial charge in [-0.3, -0.25) is 9.78 Å². The average Bonchev–Trinajstić information content (AvgIpc) is 3.49. The molecule has 2 aromatic carbocycles. The lowest BCUT2D eigenvalue weighted by Gasteiger charge is -2.28. The quantitative estimate of drug-likeness (QED) is 0.219. The molecule has 42 heavy (non-hydrogen) atoms. The van der Waals surface area contributed by atoms with E-state index in [1.165, 1.54) is 18.4 Å². The van der Waals surface area contributed by atoms with E-state index < -0.39 is 0 Å². The summed E-state index contributed by atoms with van der Waals surface area (Å²) in [5.41, 5.74) is 8.35. The fraction of sp³-hybridized carbons (Fsp3) is 0.303. The number of rotatable bonds is 10. The van der Waals surface area contributed by atoms with Gasteiger partial charge in [0.25, 0.3) is 0 Å². The van der Waals surface area contributed by atoms with Crippen molar-refractivity contribution in [2.75, 3.05) is 41.9 Å². The molecule has 4 aromatic rings. The number of hydrogen-bond donors (Lipinski definition) is 2. The first-order chi connectivity index (χ1) is 20.4. The fourth-order valence-electron chi connectivity index (χ4n) is 5.87. The van der Waals surface area contributed by atoms with Gasteiger partial charge in [0.2, 0.25) is 5.91 Å². The molecule has 0 radical (unpaired) electrons. The van der Waals surface area contributed by atoms with Gasteiger partial charge < -0.3 is 29.7 Å². The number of nitrogens with zero attached hydrogens (tertiary/aromatic N) is 4. The largest absolute Gasteiger partial charge is 0.375 e. The number of benzene rings is 2. The van der Waals surface area contributed by atoms with Crippen molar-refractivity contribution in [3.8, 4) is 5.69 Å². The van der Waals surface area contributed by atoms with Crippen molar-refractivity contribution < 1.29 is 9.53 Å². The lowest BCUT2D eigenvalue weighted by molar-refractivity contribution is -0.119. The molecule has 0 spiro atoms.